The van der Waals surface area contributed by atoms with E-state index in [2.05, 4.69) is 46.2 Å². The molecule has 0 radical (unpaired) electrons. The molecule has 0 spiro atoms. The summed E-state index contributed by atoms with van der Waals surface area (Å²) in [4.78, 5) is 4.71. The second-order valence-corrected chi connectivity index (χ2v) is 4.93. The number of rotatable bonds is 3. The van der Waals surface area contributed by atoms with Crippen molar-refractivity contribution in [2.75, 3.05) is 42.2 Å². The van der Waals surface area contributed by atoms with E-state index in [0.29, 0.717) is 0 Å². The first kappa shape index (κ1) is 11.9. The molecule has 0 bridgehead atoms. The summed E-state index contributed by atoms with van der Waals surface area (Å²) in [7, 11) is 2.14. The van der Waals surface area contributed by atoms with Crippen LogP contribution in [0.5, 0.6) is 0 Å². The number of para-hydroxylation sites is 2. The lowest BCUT2D eigenvalue weighted by atomic mass is 10.2. The van der Waals surface area contributed by atoms with Gasteiger partial charge in [0.25, 0.3) is 0 Å². The number of hydrogen-bond donors (Lipinski definition) is 1. The zero-order valence-corrected chi connectivity index (χ0v) is 11.2. The third-order valence-electron chi connectivity index (χ3n) is 3.59. The highest BCUT2D eigenvalue weighted by Gasteiger charge is 2.19. The number of nitrogens with two attached hydrogens (primary N) is 1. The maximum atomic E-state index is 5.68. The van der Waals surface area contributed by atoms with Gasteiger partial charge in [0.2, 0.25) is 0 Å². The molecule has 0 amide bonds. The summed E-state index contributed by atoms with van der Waals surface area (Å²) in [6.45, 7) is 3.91. The zero-order chi connectivity index (χ0) is 13.2. The van der Waals surface area contributed by atoms with Crippen LogP contribution >= 0.6 is 0 Å². The number of nitrogen functional groups attached to an aromatic ring is 1. The zero-order valence-electron chi connectivity index (χ0n) is 11.2. The Morgan fingerprint density at radius 1 is 1.16 bits per heavy atom. The Kier molecular flexibility index (Phi) is 3.03. The minimum Gasteiger partial charge on any atom is -0.396 e. The Balaban J connectivity index is 1.74. The fraction of sp³-hybridized carbons (Fsp3) is 0.357. The molecule has 1 aromatic heterocycles. The first-order valence-corrected chi connectivity index (χ1v) is 6.57. The van der Waals surface area contributed by atoms with Crippen LogP contribution in [0.2, 0.25) is 0 Å². The molecule has 2 heterocycles. The molecule has 0 aliphatic carbocycles. The summed E-state index contributed by atoms with van der Waals surface area (Å²) in [5.74, 6) is 0. The summed E-state index contributed by atoms with van der Waals surface area (Å²) in [5, 5.41) is 4.23. The fourth-order valence-corrected chi connectivity index (χ4v) is 2.52. The molecule has 0 atom stereocenters. The molecular formula is C14H19N5. The average molecular weight is 257 g/mol. The predicted octanol–water partition coefficient (Wildman–Crippen LogP) is 1.42. The van der Waals surface area contributed by atoms with Gasteiger partial charge in [-0.25, -0.2) is 0 Å². The molecule has 1 aliphatic rings. The lowest BCUT2D eigenvalue weighted by Gasteiger charge is -2.37. The third kappa shape index (κ3) is 2.36. The lowest BCUT2D eigenvalue weighted by Crippen LogP contribution is -2.40. The minimum atomic E-state index is 0.721. The Labute approximate surface area is 113 Å². The summed E-state index contributed by atoms with van der Waals surface area (Å²) >= 11 is 0. The maximum Gasteiger partial charge on any atom is 0.0719 e. The molecule has 2 aromatic rings. The number of likely N-dealkylation sites (N-methyl/N-ethyl adjacent to an activating group) is 1. The molecule has 0 saturated heterocycles. The SMILES string of the molecule is CN1CCN(CCn2cc(N)cn2)c2ccccc21. The van der Waals surface area contributed by atoms with E-state index < -0.39 is 0 Å². The van der Waals surface area contributed by atoms with Gasteiger partial charge in [0.15, 0.2) is 0 Å². The lowest BCUT2D eigenvalue weighted by molar-refractivity contribution is 0.589. The molecule has 19 heavy (non-hydrogen) atoms. The molecule has 1 aliphatic heterocycles. The average Bonchev–Trinajstić information content (AvgIpc) is 2.84. The molecule has 1 aromatic carbocycles. The van der Waals surface area contributed by atoms with Gasteiger partial charge < -0.3 is 15.5 Å². The standard InChI is InChI=1S/C14H19N5/c1-17-6-7-18(14-5-3-2-4-13(14)17)8-9-19-11-12(15)10-16-19/h2-5,10-11H,6-9,15H2,1H3. The van der Waals surface area contributed by atoms with Crippen molar-refractivity contribution < 1.29 is 0 Å². The van der Waals surface area contributed by atoms with Crippen molar-refractivity contribution in [2.45, 2.75) is 6.54 Å². The van der Waals surface area contributed by atoms with Gasteiger partial charge in [-0.05, 0) is 12.1 Å². The van der Waals surface area contributed by atoms with E-state index in [1.807, 2.05) is 10.9 Å². The van der Waals surface area contributed by atoms with Crippen LogP contribution in [0.25, 0.3) is 0 Å². The van der Waals surface area contributed by atoms with E-state index in [4.69, 9.17) is 5.73 Å². The molecule has 0 fully saturated rings. The van der Waals surface area contributed by atoms with E-state index in [-0.39, 0.29) is 0 Å². The highest BCUT2D eigenvalue weighted by Crippen LogP contribution is 2.31. The molecule has 3 rings (SSSR count). The smallest absolute Gasteiger partial charge is 0.0719 e. The van der Waals surface area contributed by atoms with E-state index >= 15 is 0 Å². The highest BCUT2D eigenvalue weighted by molar-refractivity contribution is 5.72. The first-order chi connectivity index (χ1) is 9.24. The normalized spacial score (nSPS) is 14.6. The summed E-state index contributed by atoms with van der Waals surface area (Å²) in [6.07, 6.45) is 3.57. The van der Waals surface area contributed by atoms with Crippen molar-refractivity contribution in [1.29, 1.82) is 0 Å². The van der Waals surface area contributed by atoms with Crippen LogP contribution < -0.4 is 15.5 Å². The highest BCUT2D eigenvalue weighted by atomic mass is 15.3. The van der Waals surface area contributed by atoms with Crippen molar-refractivity contribution in [3.05, 3.63) is 36.7 Å². The molecule has 100 valence electrons. The molecule has 0 unspecified atom stereocenters. The summed E-state index contributed by atoms with van der Waals surface area (Å²) in [5.41, 5.74) is 9.00. The van der Waals surface area contributed by atoms with E-state index in [1.54, 1.807) is 6.20 Å². The second-order valence-electron chi connectivity index (χ2n) is 4.93. The number of nitrogens with zero attached hydrogens (tertiary/aromatic N) is 4. The molecule has 5 nitrogen and oxygen atoms in total. The van der Waals surface area contributed by atoms with Gasteiger partial charge in [-0.1, -0.05) is 12.1 Å². The van der Waals surface area contributed by atoms with Gasteiger partial charge in [0.1, 0.15) is 0 Å². The first-order valence-electron chi connectivity index (χ1n) is 6.57. The van der Waals surface area contributed by atoms with Gasteiger partial charge in [0, 0.05) is 32.9 Å². The van der Waals surface area contributed by atoms with Gasteiger partial charge in [-0.15, -0.1) is 0 Å². The van der Waals surface area contributed by atoms with Gasteiger partial charge in [-0.2, -0.15) is 5.10 Å². The van der Waals surface area contributed by atoms with Gasteiger partial charge in [-0.3, -0.25) is 4.68 Å². The van der Waals surface area contributed by atoms with Crippen molar-refractivity contribution in [1.82, 2.24) is 9.78 Å². The maximum absolute atomic E-state index is 5.68. The Hall–Kier alpha value is -2.17. The predicted molar refractivity (Wildman–Crippen MR) is 78.6 cm³/mol. The van der Waals surface area contributed by atoms with Crippen LogP contribution in [0.3, 0.4) is 0 Å². The summed E-state index contributed by atoms with van der Waals surface area (Å²) < 4.78 is 1.90. The molecule has 5 heteroatoms. The third-order valence-corrected chi connectivity index (χ3v) is 3.59. The minimum absolute atomic E-state index is 0.721. The van der Waals surface area contributed by atoms with E-state index in [1.165, 1.54) is 11.4 Å². The van der Waals surface area contributed by atoms with Crippen molar-refractivity contribution in [3.63, 3.8) is 0 Å². The molecule has 2 N–H and O–H groups in total. The topological polar surface area (TPSA) is 50.3 Å². The quantitative estimate of drug-likeness (QED) is 0.903. The number of anilines is 3. The molecular weight excluding hydrogens is 238 g/mol. The second kappa shape index (κ2) is 4.84. The van der Waals surface area contributed by atoms with Crippen LogP contribution in [0.4, 0.5) is 17.1 Å². The number of fused-ring (bicyclic) bond motifs is 1. The number of hydrogen-bond acceptors (Lipinski definition) is 4. The van der Waals surface area contributed by atoms with Gasteiger partial charge >= 0.3 is 0 Å². The monoisotopic (exact) mass is 257 g/mol. The van der Waals surface area contributed by atoms with Crippen LogP contribution in [-0.2, 0) is 6.54 Å². The Morgan fingerprint density at radius 2 is 1.95 bits per heavy atom. The fourth-order valence-electron chi connectivity index (χ4n) is 2.52. The van der Waals surface area contributed by atoms with Crippen LogP contribution in [0.15, 0.2) is 36.7 Å². The van der Waals surface area contributed by atoms with Crippen molar-refractivity contribution >= 4 is 17.1 Å². The van der Waals surface area contributed by atoms with Crippen LogP contribution in [0, 0.1) is 0 Å². The van der Waals surface area contributed by atoms with Crippen molar-refractivity contribution in [2.24, 2.45) is 0 Å². The largest absolute Gasteiger partial charge is 0.396 e. The van der Waals surface area contributed by atoms with Crippen LogP contribution in [0.1, 0.15) is 0 Å². The summed E-state index contributed by atoms with van der Waals surface area (Å²) in [6, 6.07) is 8.54. The van der Waals surface area contributed by atoms with Crippen molar-refractivity contribution in [3.8, 4) is 0 Å². The number of aromatic nitrogens is 2. The molecule has 0 saturated carbocycles. The Morgan fingerprint density at radius 3 is 2.68 bits per heavy atom. The Bertz CT molecular complexity index is 562. The van der Waals surface area contributed by atoms with E-state index in [9.17, 15) is 0 Å². The van der Waals surface area contributed by atoms with Crippen LogP contribution in [-0.4, -0.2) is 36.5 Å². The van der Waals surface area contributed by atoms with Gasteiger partial charge in [0.05, 0.1) is 29.8 Å². The van der Waals surface area contributed by atoms with E-state index in [0.717, 1.165) is 31.9 Å². The number of benzene rings is 1.